The second kappa shape index (κ2) is 15.7. The maximum absolute atomic E-state index is 9.17. The van der Waals surface area contributed by atoms with E-state index in [1.165, 1.54) is 24.0 Å². The lowest BCUT2D eigenvalue weighted by molar-refractivity contribution is -0.107. The summed E-state index contributed by atoms with van der Waals surface area (Å²) < 4.78 is 11.0. The average molecular weight is 462 g/mol. The molecule has 0 aliphatic heterocycles. The van der Waals surface area contributed by atoms with Crippen LogP contribution in [0.25, 0.3) is 0 Å². The summed E-state index contributed by atoms with van der Waals surface area (Å²) in [6, 6.07) is 25.7. The highest BCUT2D eigenvalue weighted by molar-refractivity contribution is 5.76. The predicted octanol–water partition coefficient (Wildman–Crippen LogP) is 7.95. The maximum atomic E-state index is 9.17. The molecule has 34 heavy (non-hydrogen) atoms. The van der Waals surface area contributed by atoms with E-state index in [2.05, 4.69) is 91.5 Å². The Morgan fingerprint density at radius 1 is 0.676 bits per heavy atom. The van der Waals surface area contributed by atoms with Crippen molar-refractivity contribution in [1.29, 1.82) is 0 Å². The molecule has 0 aromatic heterocycles. The number of aldehydes is 1. The Kier molecular flexibility index (Phi) is 12.5. The van der Waals surface area contributed by atoms with E-state index >= 15 is 0 Å². The van der Waals surface area contributed by atoms with Crippen molar-refractivity contribution in [3.63, 3.8) is 0 Å². The Bertz CT molecular complexity index is 889. The number of nitrogens with zero attached hydrogens (tertiary/aromatic N) is 1. The molecule has 0 spiro atoms. The van der Waals surface area contributed by atoms with E-state index in [0.29, 0.717) is 6.42 Å². The molecule has 4 heteroatoms. The molecule has 0 aliphatic carbocycles. The number of benzene rings is 3. The fourth-order valence-corrected chi connectivity index (χ4v) is 3.42. The third kappa shape index (κ3) is 9.40. The van der Waals surface area contributed by atoms with Crippen LogP contribution in [0.2, 0.25) is 0 Å². The van der Waals surface area contributed by atoms with Gasteiger partial charge in [0.1, 0.15) is 12.0 Å². The molecule has 3 aromatic rings. The Morgan fingerprint density at radius 2 is 1.09 bits per heavy atom. The van der Waals surface area contributed by atoms with Crippen molar-refractivity contribution in [3.05, 3.63) is 83.9 Å². The third-order valence-corrected chi connectivity index (χ3v) is 5.36. The van der Waals surface area contributed by atoms with E-state index in [1.54, 1.807) is 7.11 Å². The molecular weight excluding hydrogens is 422 g/mol. The summed E-state index contributed by atoms with van der Waals surface area (Å²) >= 11 is 0. The summed E-state index contributed by atoms with van der Waals surface area (Å²) in [6.45, 7) is 7.65. The van der Waals surface area contributed by atoms with Gasteiger partial charge in [-0.1, -0.05) is 48.7 Å². The minimum absolute atomic E-state index is 0.639. The van der Waals surface area contributed by atoms with Crippen LogP contribution in [0.4, 0.5) is 17.1 Å². The summed E-state index contributed by atoms with van der Waals surface area (Å²) in [7, 11) is 1.76. The molecule has 3 aromatic carbocycles. The molecule has 182 valence electrons. The van der Waals surface area contributed by atoms with Gasteiger partial charge < -0.3 is 19.2 Å². The molecule has 0 heterocycles. The zero-order valence-corrected chi connectivity index (χ0v) is 21.1. The highest BCUT2D eigenvalue weighted by atomic mass is 16.5. The molecule has 0 saturated heterocycles. The zero-order valence-electron chi connectivity index (χ0n) is 21.1. The van der Waals surface area contributed by atoms with Crippen molar-refractivity contribution >= 4 is 23.3 Å². The van der Waals surface area contributed by atoms with E-state index in [4.69, 9.17) is 9.47 Å². The normalized spacial score (nSPS) is 10.2. The van der Waals surface area contributed by atoms with Crippen molar-refractivity contribution in [2.24, 2.45) is 0 Å². The molecule has 0 atom stereocenters. The van der Waals surface area contributed by atoms with Gasteiger partial charge in [-0.05, 0) is 81.6 Å². The first-order valence-corrected chi connectivity index (χ1v) is 12.2. The molecule has 0 radical (unpaired) electrons. The Hall–Kier alpha value is -3.11. The number of methoxy groups -OCH3 is 1. The van der Waals surface area contributed by atoms with Crippen LogP contribution in [0, 0.1) is 13.8 Å². The van der Waals surface area contributed by atoms with E-state index in [9.17, 15) is 4.79 Å². The van der Waals surface area contributed by atoms with Crippen LogP contribution in [-0.4, -0.2) is 26.6 Å². The van der Waals surface area contributed by atoms with Gasteiger partial charge in [0.25, 0.3) is 0 Å². The highest BCUT2D eigenvalue weighted by Crippen LogP contribution is 2.35. The third-order valence-electron chi connectivity index (χ3n) is 5.36. The van der Waals surface area contributed by atoms with Crippen LogP contribution >= 0.6 is 0 Å². The lowest BCUT2D eigenvalue weighted by Gasteiger charge is -2.26. The van der Waals surface area contributed by atoms with Gasteiger partial charge in [-0.15, -0.1) is 0 Å². The van der Waals surface area contributed by atoms with Crippen molar-refractivity contribution in [2.45, 2.75) is 52.9 Å². The Labute approximate surface area is 205 Å². The van der Waals surface area contributed by atoms with E-state index < -0.39 is 0 Å². The molecule has 0 unspecified atom stereocenters. The number of aryl methyl sites for hydroxylation is 2. The van der Waals surface area contributed by atoms with Crippen molar-refractivity contribution < 1.29 is 14.3 Å². The van der Waals surface area contributed by atoms with Crippen LogP contribution in [0.5, 0.6) is 5.75 Å². The molecule has 0 fully saturated rings. The molecule has 4 nitrogen and oxygen atoms in total. The number of ether oxygens (including phenoxy) is 2. The second-order valence-electron chi connectivity index (χ2n) is 8.33. The van der Waals surface area contributed by atoms with Crippen molar-refractivity contribution in [3.8, 4) is 5.75 Å². The number of unbranched alkanes of at least 4 members (excludes halogenated alkanes) is 3. The Balaban J connectivity index is 0.000000945. The first-order chi connectivity index (χ1) is 16.6. The quantitative estimate of drug-likeness (QED) is 0.203. The molecule has 0 aliphatic rings. The number of anilines is 3. The van der Waals surface area contributed by atoms with Crippen molar-refractivity contribution in [1.82, 2.24) is 0 Å². The average Bonchev–Trinajstić information content (AvgIpc) is 2.87. The predicted molar refractivity (Wildman–Crippen MR) is 143 cm³/mol. The lowest BCUT2D eigenvalue weighted by atomic mass is 10.1. The SMILES string of the molecule is CCC=O.COCCCCCCOc1ccc(N(c2ccc(C)cc2)c2ccc(C)cc2)cc1. The van der Waals surface area contributed by atoms with Gasteiger partial charge in [0.15, 0.2) is 0 Å². The smallest absolute Gasteiger partial charge is 0.119 e. The van der Waals surface area contributed by atoms with Crippen LogP contribution in [0.1, 0.15) is 50.2 Å². The van der Waals surface area contributed by atoms with Gasteiger partial charge in [0.2, 0.25) is 0 Å². The number of hydrogen-bond donors (Lipinski definition) is 0. The molecule has 0 amide bonds. The standard InChI is InChI=1S/C27H33NO2.C3H6O/c1-22-8-12-24(13-9-22)28(25-14-10-23(2)11-15-25)26-16-18-27(19-17-26)30-21-7-5-4-6-20-29-3;1-2-3-4/h8-19H,4-7,20-21H2,1-3H3;3H,2H2,1H3. The fraction of sp³-hybridized carbons (Fsp3) is 0.367. The van der Waals surface area contributed by atoms with Crippen LogP contribution in [0.15, 0.2) is 72.8 Å². The number of carbonyl (C=O) groups is 1. The fourth-order valence-electron chi connectivity index (χ4n) is 3.42. The summed E-state index contributed by atoms with van der Waals surface area (Å²) in [4.78, 5) is 11.4. The van der Waals surface area contributed by atoms with Gasteiger partial charge in [-0.2, -0.15) is 0 Å². The zero-order chi connectivity index (χ0) is 24.6. The van der Waals surface area contributed by atoms with Gasteiger partial charge in [0, 0.05) is 37.2 Å². The minimum atomic E-state index is 0.639. The summed E-state index contributed by atoms with van der Waals surface area (Å²) in [5.41, 5.74) is 5.93. The van der Waals surface area contributed by atoms with Crippen LogP contribution in [0.3, 0.4) is 0 Å². The summed E-state index contributed by atoms with van der Waals surface area (Å²) in [5, 5.41) is 0. The second-order valence-corrected chi connectivity index (χ2v) is 8.33. The van der Waals surface area contributed by atoms with E-state index in [-0.39, 0.29) is 0 Å². The van der Waals surface area contributed by atoms with E-state index in [1.807, 2.05) is 6.92 Å². The first kappa shape index (κ1) is 27.1. The topological polar surface area (TPSA) is 38.8 Å². The van der Waals surface area contributed by atoms with Gasteiger partial charge in [-0.25, -0.2) is 0 Å². The molecular formula is C30H39NO3. The molecule has 0 N–H and O–H groups in total. The molecule has 0 saturated carbocycles. The first-order valence-electron chi connectivity index (χ1n) is 12.2. The maximum Gasteiger partial charge on any atom is 0.119 e. The minimum Gasteiger partial charge on any atom is -0.494 e. The number of hydrogen-bond acceptors (Lipinski definition) is 4. The number of carbonyl (C=O) groups excluding carboxylic acids is 1. The van der Waals surface area contributed by atoms with Crippen molar-refractivity contribution in [2.75, 3.05) is 25.2 Å². The highest BCUT2D eigenvalue weighted by Gasteiger charge is 2.12. The molecule has 3 rings (SSSR count). The lowest BCUT2D eigenvalue weighted by Crippen LogP contribution is -2.10. The summed E-state index contributed by atoms with van der Waals surface area (Å²) in [5.74, 6) is 0.920. The summed E-state index contributed by atoms with van der Waals surface area (Å²) in [6.07, 6.45) is 6.08. The van der Waals surface area contributed by atoms with Gasteiger partial charge in [0.05, 0.1) is 6.61 Å². The van der Waals surface area contributed by atoms with E-state index in [0.717, 1.165) is 55.2 Å². The monoisotopic (exact) mass is 461 g/mol. The van der Waals surface area contributed by atoms with Crippen LogP contribution < -0.4 is 9.64 Å². The Morgan fingerprint density at radius 3 is 1.50 bits per heavy atom. The van der Waals surface area contributed by atoms with Crippen LogP contribution in [-0.2, 0) is 9.53 Å². The van der Waals surface area contributed by atoms with Gasteiger partial charge in [-0.3, -0.25) is 0 Å². The van der Waals surface area contributed by atoms with Gasteiger partial charge >= 0.3 is 0 Å². The molecule has 0 bridgehead atoms. The largest absolute Gasteiger partial charge is 0.494 e. The number of rotatable bonds is 12.